The molecule has 498 valence electrons. The minimum absolute atomic E-state index is 0.159. The first-order valence-electron chi connectivity index (χ1n) is 37.2. The van der Waals surface area contributed by atoms with Crippen molar-refractivity contribution in [3.8, 4) is 162 Å². The lowest BCUT2D eigenvalue weighted by molar-refractivity contribution is 0.414. The number of benzene rings is 12. The molecule has 0 fully saturated rings. The lowest BCUT2D eigenvalue weighted by Crippen LogP contribution is -2.26. The van der Waals surface area contributed by atoms with Crippen molar-refractivity contribution in [2.75, 3.05) is 4.90 Å². The zero-order valence-electron chi connectivity index (χ0n) is 60.4. The summed E-state index contributed by atoms with van der Waals surface area (Å²) < 4.78 is 0. The van der Waals surface area contributed by atoms with E-state index in [4.69, 9.17) is 12.8 Å². The standard InChI is InChI=1S/C103H81N/c1-9-15-21-23-25-36-62-103(63-37-26-24-22-16-10-2)97-66-75(91-70-93-84-45-35-34-44-83(84)92(71-94(93)82-43-33-32-42-81(82)91)80-41-31-30-40-79(80)74-38-28-27-29-39-74)48-54-87(97)90-57-51-78(69-100(90)103)104(76-49-55-88-85-52-46-72(7)64-95(85)101(58-17-11-3,59-18-12-4)98(88)67-76)77-50-56-89-86-53-47-73(8)65-96(86)102(60-19-13-5,61-20-14-6)99(89)68-77/h1-2,27-35,38-57,64-71H,11-14,17-20,58-61H2,3-8H3. The third-order valence-electron chi connectivity index (χ3n) is 22.4. The average Bonchev–Trinajstić information content (AvgIpc) is 1.53. The van der Waals surface area contributed by atoms with Crippen LogP contribution in [0, 0.1) is 110 Å². The van der Waals surface area contributed by atoms with Crippen LogP contribution in [0.15, 0.2) is 224 Å². The Kier molecular flexibility index (Phi) is 18.8. The summed E-state index contributed by atoms with van der Waals surface area (Å²) in [5, 5.41) is 7.00. The minimum Gasteiger partial charge on any atom is -0.310 e. The molecular weight excluding hydrogens is 1250 g/mol. The normalized spacial score (nSPS) is 12.9. The molecule has 0 radical (unpaired) electrons. The molecule has 0 saturated carbocycles. The van der Waals surface area contributed by atoms with Crippen LogP contribution in [0.4, 0.5) is 17.1 Å². The van der Waals surface area contributed by atoms with Gasteiger partial charge in [-0.1, -0.05) is 272 Å². The van der Waals surface area contributed by atoms with Crippen LogP contribution in [0.25, 0.3) is 99.1 Å². The van der Waals surface area contributed by atoms with Gasteiger partial charge < -0.3 is 4.90 Å². The highest BCUT2D eigenvalue weighted by Crippen LogP contribution is 2.60. The van der Waals surface area contributed by atoms with Gasteiger partial charge in [-0.2, -0.15) is 0 Å². The maximum absolute atomic E-state index is 5.63. The fraction of sp³-hybridized carbons (Fsp3) is 0.204. The van der Waals surface area contributed by atoms with E-state index in [0.29, 0.717) is 0 Å². The first kappa shape index (κ1) is 67.5. The first-order chi connectivity index (χ1) is 51.1. The maximum atomic E-state index is 5.63. The summed E-state index contributed by atoms with van der Waals surface area (Å²) in [7, 11) is 0. The van der Waals surface area contributed by atoms with E-state index in [1.165, 1.54) is 99.4 Å². The number of hydrogen-bond acceptors (Lipinski definition) is 1. The Morgan fingerprint density at radius 3 is 1.12 bits per heavy atom. The predicted octanol–water partition coefficient (Wildman–Crippen LogP) is 25.1. The van der Waals surface area contributed by atoms with Gasteiger partial charge in [0.1, 0.15) is 5.41 Å². The quantitative estimate of drug-likeness (QED) is 0.0611. The van der Waals surface area contributed by atoms with E-state index < -0.39 is 5.41 Å². The van der Waals surface area contributed by atoms with Gasteiger partial charge in [0.2, 0.25) is 0 Å². The number of fused-ring (bicyclic) bond motifs is 14. The van der Waals surface area contributed by atoms with Gasteiger partial charge >= 0.3 is 0 Å². The lowest BCUT2D eigenvalue weighted by atomic mass is 9.70. The molecule has 0 heterocycles. The highest BCUT2D eigenvalue weighted by Gasteiger charge is 2.46. The summed E-state index contributed by atoms with van der Waals surface area (Å²) >= 11 is 0. The van der Waals surface area contributed by atoms with Gasteiger partial charge in [0, 0.05) is 27.9 Å². The molecule has 0 amide bonds. The van der Waals surface area contributed by atoms with E-state index in [-0.39, 0.29) is 10.8 Å². The van der Waals surface area contributed by atoms with Crippen molar-refractivity contribution in [3.63, 3.8) is 0 Å². The molecule has 104 heavy (non-hydrogen) atoms. The number of terminal acetylenes is 2. The fourth-order valence-electron chi connectivity index (χ4n) is 17.6. The second kappa shape index (κ2) is 29.0. The summed E-state index contributed by atoms with van der Waals surface area (Å²) in [6.45, 7) is 13.9. The van der Waals surface area contributed by atoms with Gasteiger partial charge in [-0.25, -0.2) is 0 Å². The molecule has 12 aromatic rings. The van der Waals surface area contributed by atoms with Crippen LogP contribution in [-0.4, -0.2) is 0 Å². The molecule has 0 spiro atoms. The van der Waals surface area contributed by atoms with Crippen LogP contribution < -0.4 is 4.90 Å². The van der Waals surface area contributed by atoms with Gasteiger partial charge in [-0.05, 0) is 298 Å². The molecule has 0 aromatic heterocycles. The molecule has 0 aliphatic heterocycles. The van der Waals surface area contributed by atoms with Gasteiger partial charge in [0.05, 0.1) is 0 Å². The number of unbranched alkanes of at least 4 members (excludes halogenated alkanes) is 4. The zero-order chi connectivity index (χ0) is 71.4. The summed E-state index contributed by atoms with van der Waals surface area (Å²) in [4.78, 5) is 2.54. The Labute approximate surface area is 616 Å². The first-order valence-corrected chi connectivity index (χ1v) is 37.2. The van der Waals surface area contributed by atoms with E-state index in [1.807, 2.05) is 0 Å². The molecule has 3 aliphatic rings. The smallest absolute Gasteiger partial charge is 0.145 e. The van der Waals surface area contributed by atoms with E-state index in [0.717, 1.165) is 138 Å². The Morgan fingerprint density at radius 2 is 0.644 bits per heavy atom. The van der Waals surface area contributed by atoms with Crippen LogP contribution in [0.5, 0.6) is 0 Å². The van der Waals surface area contributed by atoms with Crippen molar-refractivity contribution in [3.05, 3.63) is 269 Å². The maximum Gasteiger partial charge on any atom is 0.145 e. The molecule has 0 atom stereocenters. The van der Waals surface area contributed by atoms with E-state index in [1.54, 1.807) is 0 Å². The van der Waals surface area contributed by atoms with Crippen LogP contribution >= 0.6 is 0 Å². The third kappa shape index (κ3) is 11.8. The Hall–Kier alpha value is -12.3. The Morgan fingerprint density at radius 1 is 0.279 bits per heavy atom. The zero-order valence-corrected chi connectivity index (χ0v) is 60.4. The molecule has 1 nitrogen and oxygen atoms in total. The summed E-state index contributed by atoms with van der Waals surface area (Å²) in [5.41, 5.74) is 26.1. The number of rotatable bonds is 18. The fourth-order valence-corrected chi connectivity index (χ4v) is 17.6. The molecule has 3 aliphatic carbocycles. The van der Waals surface area contributed by atoms with Crippen LogP contribution in [-0.2, 0) is 16.2 Å². The molecule has 1 heteroatoms. The molecule has 15 rings (SSSR count). The van der Waals surface area contributed by atoms with Crippen molar-refractivity contribution >= 4 is 49.4 Å². The van der Waals surface area contributed by atoms with Gasteiger partial charge in [0.15, 0.2) is 0 Å². The predicted molar refractivity (Wildman–Crippen MR) is 440 cm³/mol. The molecule has 0 unspecified atom stereocenters. The average molecular weight is 1330 g/mol. The van der Waals surface area contributed by atoms with Gasteiger partial charge in [0.25, 0.3) is 0 Å². The SMILES string of the molecule is C#CC#CC#CC#CC1(C#CC#CC#CC#C)c2cc(-c3cc4c5ccccc5c(-c5ccccc5-c5ccccc5)cc4c4ccccc34)ccc2-c2ccc(N(c3ccc4c(c3)C(CCCC)(CCCC)c3cc(C)ccc3-4)c3ccc4c(c3)C(CCCC)(CCCC)c3cc(C)ccc3-4)cc21. The van der Waals surface area contributed by atoms with Crippen molar-refractivity contribution in [2.24, 2.45) is 0 Å². The third-order valence-corrected chi connectivity index (χ3v) is 22.4. The lowest BCUT2D eigenvalue weighted by Gasteiger charge is -2.35. The van der Waals surface area contributed by atoms with Gasteiger partial charge in [-0.3, -0.25) is 0 Å². The summed E-state index contributed by atoms with van der Waals surface area (Å²) in [6.07, 6.45) is 24.6. The summed E-state index contributed by atoms with van der Waals surface area (Å²) in [5.74, 6) is 41.9. The molecule has 12 aromatic carbocycles. The van der Waals surface area contributed by atoms with E-state index >= 15 is 0 Å². The van der Waals surface area contributed by atoms with Crippen molar-refractivity contribution in [1.82, 2.24) is 0 Å². The Balaban J connectivity index is 0.981. The molecule has 0 N–H and O–H groups in total. The number of hydrogen-bond donors (Lipinski definition) is 0. The number of aryl methyl sites for hydroxylation is 2. The van der Waals surface area contributed by atoms with E-state index in [9.17, 15) is 0 Å². The van der Waals surface area contributed by atoms with Crippen molar-refractivity contribution in [2.45, 2.75) is 135 Å². The second-order valence-corrected chi connectivity index (χ2v) is 28.4. The van der Waals surface area contributed by atoms with Gasteiger partial charge in [-0.15, -0.1) is 12.8 Å². The van der Waals surface area contributed by atoms with Crippen LogP contribution in [0.2, 0.25) is 0 Å². The van der Waals surface area contributed by atoms with Crippen molar-refractivity contribution < 1.29 is 0 Å². The number of anilines is 3. The molecule has 0 bridgehead atoms. The van der Waals surface area contributed by atoms with Crippen LogP contribution in [0.1, 0.15) is 149 Å². The monoisotopic (exact) mass is 1330 g/mol. The highest BCUT2D eigenvalue weighted by atomic mass is 15.1. The topological polar surface area (TPSA) is 3.24 Å². The van der Waals surface area contributed by atoms with Crippen LogP contribution in [0.3, 0.4) is 0 Å². The highest BCUT2D eigenvalue weighted by molar-refractivity contribution is 6.24. The second-order valence-electron chi connectivity index (χ2n) is 28.4. The Bertz CT molecular complexity index is 5770. The van der Waals surface area contributed by atoms with Crippen molar-refractivity contribution in [1.29, 1.82) is 0 Å². The molecular formula is C103H81N. The number of nitrogens with zero attached hydrogens (tertiary/aromatic N) is 1. The minimum atomic E-state index is -1.30. The molecule has 0 saturated heterocycles. The van der Waals surface area contributed by atoms with E-state index in [2.05, 4.69) is 354 Å². The summed E-state index contributed by atoms with van der Waals surface area (Å²) in [6, 6.07) is 85.1. The largest absolute Gasteiger partial charge is 0.310 e.